The van der Waals surface area contributed by atoms with Crippen LogP contribution in [0.4, 0.5) is 19.0 Å². The van der Waals surface area contributed by atoms with Gasteiger partial charge in [0.05, 0.1) is 0 Å². The molecule has 2 amide bonds. The van der Waals surface area contributed by atoms with Crippen LogP contribution in [0.1, 0.15) is 36.2 Å². The highest BCUT2D eigenvalue weighted by molar-refractivity contribution is 5.96. The van der Waals surface area contributed by atoms with Gasteiger partial charge in [0.25, 0.3) is 5.91 Å². The van der Waals surface area contributed by atoms with Gasteiger partial charge in [-0.1, -0.05) is 19.9 Å². The summed E-state index contributed by atoms with van der Waals surface area (Å²) in [6.07, 6.45) is -1.37. The van der Waals surface area contributed by atoms with Gasteiger partial charge in [-0.3, -0.25) is 9.59 Å². The van der Waals surface area contributed by atoms with Crippen LogP contribution in [-0.4, -0.2) is 34.6 Å². The molecule has 0 spiro atoms. The minimum absolute atomic E-state index is 0.114. The summed E-state index contributed by atoms with van der Waals surface area (Å²) in [4.78, 5) is 31.9. The molecule has 0 unspecified atom stereocenters. The van der Waals surface area contributed by atoms with E-state index in [9.17, 15) is 22.8 Å². The van der Waals surface area contributed by atoms with Crippen LogP contribution in [0, 0.1) is 5.92 Å². The third kappa shape index (κ3) is 8.16. The van der Waals surface area contributed by atoms with Crippen molar-refractivity contribution in [3.8, 4) is 5.88 Å². The number of pyridine rings is 2. The van der Waals surface area contributed by atoms with Gasteiger partial charge >= 0.3 is 6.18 Å². The van der Waals surface area contributed by atoms with Crippen molar-refractivity contribution in [2.24, 2.45) is 5.92 Å². The molecule has 2 rings (SSSR count). The molecule has 0 aromatic carbocycles. The Morgan fingerprint density at radius 2 is 1.93 bits per heavy atom. The van der Waals surface area contributed by atoms with Crippen molar-refractivity contribution < 1.29 is 27.5 Å². The second-order valence-electron chi connectivity index (χ2n) is 6.67. The monoisotopic (exact) mass is 410 g/mol. The van der Waals surface area contributed by atoms with Gasteiger partial charge in [-0.15, -0.1) is 0 Å². The third-order valence-electron chi connectivity index (χ3n) is 3.52. The van der Waals surface area contributed by atoms with E-state index in [0.29, 0.717) is 17.5 Å². The number of hydrogen-bond acceptors (Lipinski definition) is 5. The molecule has 156 valence electrons. The van der Waals surface area contributed by atoms with Gasteiger partial charge in [-0.2, -0.15) is 13.2 Å². The van der Waals surface area contributed by atoms with Crippen molar-refractivity contribution in [3.63, 3.8) is 0 Å². The summed E-state index contributed by atoms with van der Waals surface area (Å²) in [5.41, 5.74) is 0.884. The predicted octanol–water partition coefficient (Wildman–Crippen LogP) is 3.33. The summed E-state index contributed by atoms with van der Waals surface area (Å²) in [5.74, 6) is -0.280. The summed E-state index contributed by atoms with van der Waals surface area (Å²) in [7, 11) is 0. The van der Waals surface area contributed by atoms with E-state index < -0.39 is 18.7 Å². The number of ether oxygens (including phenoxy) is 1. The molecule has 2 heterocycles. The van der Waals surface area contributed by atoms with Gasteiger partial charge < -0.3 is 15.4 Å². The minimum atomic E-state index is -4.44. The predicted molar refractivity (Wildman–Crippen MR) is 99.3 cm³/mol. The lowest BCUT2D eigenvalue weighted by molar-refractivity contribution is -0.154. The van der Waals surface area contributed by atoms with Gasteiger partial charge in [-0.25, -0.2) is 9.97 Å². The maximum atomic E-state index is 12.3. The molecule has 7 nitrogen and oxygen atoms in total. The highest BCUT2D eigenvalue weighted by Gasteiger charge is 2.28. The third-order valence-corrected chi connectivity index (χ3v) is 3.52. The van der Waals surface area contributed by atoms with E-state index in [1.165, 1.54) is 36.7 Å². The molecule has 10 heteroatoms. The van der Waals surface area contributed by atoms with Crippen LogP contribution in [0.3, 0.4) is 0 Å². The van der Waals surface area contributed by atoms with E-state index in [1.807, 2.05) is 13.8 Å². The highest BCUT2D eigenvalue weighted by atomic mass is 19.4. The summed E-state index contributed by atoms with van der Waals surface area (Å²) in [5, 5.41) is 5.30. The van der Waals surface area contributed by atoms with Crippen LogP contribution in [0.25, 0.3) is 0 Å². The first kappa shape index (κ1) is 22.1. The number of rotatable bonds is 8. The van der Waals surface area contributed by atoms with Crippen molar-refractivity contribution in [1.29, 1.82) is 0 Å². The average Bonchev–Trinajstić information content (AvgIpc) is 2.64. The smallest absolute Gasteiger partial charge is 0.422 e. The Kier molecular flexibility index (Phi) is 7.52. The summed E-state index contributed by atoms with van der Waals surface area (Å²) >= 11 is 0. The number of nitrogens with one attached hydrogen (secondary N) is 2. The topological polar surface area (TPSA) is 93.2 Å². The molecule has 2 aromatic rings. The maximum Gasteiger partial charge on any atom is 0.422 e. The van der Waals surface area contributed by atoms with E-state index in [4.69, 9.17) is 0 Å². The summed E-state index contributed by atoms with van der Waals surface area (Å²) < 4.78 is 40.9. The molecule has 0 bridgehead atoms. The molecule has 0 aliphatic carbocycles. The summed E-state index contributed by atoms with van der Waals surface area (Å²) in [6, 6.07) is 5.75. The average molecular weight is 410 g/mol. The van der Waals surface area contributed by atoms with Crippen LogP contribution < -0.4 is 15.4 Å². The number of anilines is 1. The molecule has 0 radical (unpaired) electrons. The molecular formula is C19H21F3N4O3. The Balaban J connectivity index is 1.89. The lowest BCUT2D eigenvalue weighted by Crippen LogP contribution is -2.23. The van der Waals surface area contributed by atoms with Crippen LogP contribution in [-0.2, 0) is 11.3 Å². The second-order valence-corrected chi connectivity index (χ2v) is 6.67. The molecule has 0 saturated heterocycles. The van der Waals surface area contributed by atoms with Crippen LogP contribution in [0.2, 0.25) is 0 Å². The second kappa shape index (κ2) is 9.85. The van der Waals surface area contributed by atoms with Gasteiger partial charge in [0.1, 0.15) is 5.82 Å². The minimum Gasteiger partial charge on any atom is -0.468 e. The van der Waals surface area contributed by atoms with E-state index in [1.54, 1.807) is 0 Å². The molecule has 2 aromatic heterocycles. The summed E-state index contributed by atoms with van der Waals surface area (Å²) in [6.45, 7) is 2.53. The van der Waals surface area contributed by atoms with Crippen molar-refractivity contribution in [2.75, 3.05) is 11.9 Å². The van der Waals surface area contributed by atoms with Gasteiger partial charge in [0, 0.05) is 37.0 Å². The van der Waals surface area contributed by atoms with Crippen LogP contribution in [0.5, 0.6) is 5.88 Å². The fraction of sp³-hybridized carbons (Fsp3) is 0.368. The first-order valence-corrected chi connectivity index (χ1v) is 8.81. The Morgan fingerprint density at radius 1 is 1.17 bits per heavy atom. The molecule has 0 fully saturated rings. The van der Waals surface area contributed by atoms with Gasteiger partial charge in [-0.05, 0) is 23.6 Å². The Hall–Kier alpha value is -3.17. The van der Waals surface area contributed by atoms with E-state index in [2.05, 4.69) is 25.3 Å². The molecule has 0 saturated carbocycles. The number of hydrogen-bond donors (Lipinski definition) is 2. The Labute approximate surface area is 165 Å². The normalized spacial score (nSPS) is 11.2. The zero-order valence-corrected chi connectivity index (χ0v) is 15.9. The zero-order chi connectivity index (χ0) is 21.4. The first-order chi connectivity index (χ1) is 13.6. The molecule has 0 atom stereocenters. The molecule has 29 heavy (non-hydrogen) atoms. The van der Waals surface area contributed by atoms with Crippen molar-refractivity contribution in [2.45, 2.75) is 33.0 Å². The highest BCUT2D eigenvalue weighted by Crippen LogP contribution is 2.17. The lowest BCUT2D eigenvalue weighted by atomic mass is 10.1. The molecule has 2 N–H and O–H groups in total. The van der Waals surface area contributed by atoms with Crippen LogP contribution in [0.15, 0.2) is 36.7 Å². The molecular weight excluding hydrogens is 389 g/mol. The van der Waals surface area contributed by atoms with Crippen LogP contribution >= 0.6 is 0 Å². The van der Waals surface area contributed by atoms with Gasteiger partial charge in [0.2, 0.25) is 11.8 Å². The van der Waals surface area contributed by atoms with Gasteiger partial charge in [0.15, 0.2) is 6.61 Å². The number of nitrogens with zero attached hydrogens (tertiary/aromatic N) is 2. The number of aromatic nitrogens is 2. The quantitative estimate of drug-likeness (QED) is 0.696. The largest absolute Gasteiger partial charge is 0.468 e. The number of amides is 2. The number of halogens is 3. The van der Waals surface area contributed by atoms with E-state index in [-0.39, 0.29) is 30.1 Å². The number of carbonyl (C=O) groups excluding carboxylic acids is 2. The SMILES string of the molecule is CC(C)CC(=O)Nc1cc(C(=O)NCc2ccc(OCC(F)(F)F)nc2)ccn1. The number of carbonyl (C=O) groups is 2. The fourth-order valence-electron chi connectivity index (χ4n) is 2.25. The first-order valence-electron chi connectivity index (χ1n) is 8.81. The van der Waals surface area contributed by atoms with Crippen molar-refractivity contribution in [3.05, 3.63) is 47.8 Å². The lowest BCUT2D eigenvalue weighted by Gasteiger charge is -2.10. The Bertz CT molecular complexity index is 839. The molecule has 0 aliphatic rings. The van der Waals surface area contributed by atoms with Crippen molar-refractivity contribution >= 4 is 17.6 Å². The van der Waals surface area contributed by atoms with E-state index in [0.717, 1.165) is 0 Å². The van der Waals surface area contributed by atoms with Crippen molar-refractivity contribution in [1.82, 2.24) is 15.3 Å². The van der Waals surface area contributed by atoms with E-state index >= 15 is 0 Å². The fourth-order valence-corrected chi connectivity index (χ4v) is 2.25. The maximum absolute atomic E-state index is 12.3. The standard InChI is InChI=1S/C19H21F3N4O3/c1-12(2)7-16(27)26-15-8-14(5-6-23-15)18(28)25-10-13-3-4-17(24-9-13)29-11-19(20,21)22/h3-6,8-9,12H,7,10-11H2,1-2H3,(H,25,28)(H,23,26,27). The zero-order valence-electron chi connectivity index (χ0n) is 15.9. The number of alkyl halides is 3. The molecule has 0 aliphatic heterocycles. The Morgan fingerprint density at radius 3 is 2.55 bits per heavy atom.